The van der Waals surface area contributed by atoms with Crippen LogP contribution in [0.4, 0.5) is 0 Å². The summed E-state index contributed by atoms with van der Waals surface area (Å²) < 4.78 is 27.0. The van der Waals surface area contributed by atoms with Gasteiger partial charge < -0.3 is 10.2 Å². The minimum atomic E-state index is -3.70. The molecule has 0 aromatic heterocycles. The number of aliphatic hydroxyl groups excluding tert-OH is 1. The summed E-state index contributed by atoms with van der Waals surface area (Å²) in [6.07, 6.45) is 2.22. The van der Waals surface area contributed by atoms with Crippen molar-refractivity contribution in [2.75, 3.05) is 0 Å². The van der Waals surface area contributed by atoms with Crippen LogP contribution in [0.1, 0.15) is 31.2 Å². The molecule has 1 aromatic carbocycles. The summed E-state index contributed by atoms with van der Waals surface area (Å²) in [4.78, 5) is 10.7. The van der Waals surface area contributed by atoms with Crippen LogP contribution in [0.3, 0.4) is 0 Å². The molecule has 3 N–H and O–H groups in total. The lowest BCUT2D eigenvalue weighted by molar-refractivity contribution is -0.136. The molecule has 0 radical (unpaired) electrons. The minimum absolute atomic E-state index is 0.0782. The molecule has 2 atom stereocenters. The van der Waals surface area contributed by atoms with Gasteiger partial charge in [0.1, 0.15) is 0 Å². The fourth-order valence-corrected chi connectivity index (χ4v) is 3.78. The van der Waals surface area contributed by atoms with Gasteiger partial charge >= 0.3 is 5.97 Å². The van der Waals surface area contributed by atoms with Crippen molar-refractivity contribution in [2.45, 2.75) is 49.1 Å². The third kappa shape index (κ3) is 4.26. The van der Waals surface area contributed by atoms with Gasteiger partial charge in [-0.05, 0) is 30.5 Å². The highest BCUT2D eigenvalue weighted by Gasteiger charge is 2.28. The van der Waals surface area contributed by atoms with Crippen molar-refractivity contribution in [2.24, 2.45) is 0 Å². The number of hydrogen-bond donors (Lipinski definition) is 3. The molecule has 0 amide bonds. The zero-order chi connectivity index (χ0) is 15.5. The third-order valence-corrected chi connectivity index (χ3v) is 5.13. The lowest BCUT2D eigenvalue weighted by atomic mass is 9.93. The zero-order valence-corrected chi connectivity index (χ0v) is 12.3. The van der Waals surface area contributed by atoms with Crippen LogP contribution in [0.25, 0.3) is 0 Å². The first-order valence-electron chi connectivity index (χ1n) is 6.89. The molecule has 0 bridgehead atoms. The number of benzene rings is 1. The molecule has 21 heavy (non-hydrogen) atoms. The maximum Gasteiger partial charge on any atom is 0.307 e. The molecule has 1 aliphatic rings. The highest BCUT2D eigenvalue weighted by atomic mass is 32.2. The number of nitrogens with one attached hydrogen (secondary N) is 1. The van der Waals surface area contributed by atoms with E-state index in [2.05, 4.69) is 4.72 Å². The lowest BCUT2D eigenvalue weighted by Gasteiger charge is -2.28. The van der Waals surface area contributed by atoms with E-state index < -0.39 is 28.1 Å². The van der Waals surface area contributed by atoms with Crippen LogP contribution in [0.5, 0.6) is 0 Å². The SMILES string of the molecule is O=C(O)Cc1ccc(S(=O)(=O)NC2CCCCC2O)cc1. The maximum absolute atomic E-state index is 12.2. The largest absolute Gasteiger partial charge is 0.481 e. The molecule has 116 valence electrons. The summed E-state index contributed by atoms with van der Waals surface area (Å²) in [7, 11) is -3.70. The zero-order valence-electron chi connectivity index (χ0n) is 11.5. The van der Waals surface area contributed by atoms with Crippen LogP contribution in [0.15, 0.2) is 29.2 Å². The fourth-order valence-electron chi connectivity index (χ4n) is 2.48. The van der Waals surface area contributed by atoms with E-state index in [1.165, 1.54) is 24.3 Å². The number of hydrogen-bond acceptors (Lipinski definition) is 4. The van der Waals surface area contributed by atoms with Crippen molar-refractivity contribution in [3.8, 4) is 0 Å². The van der Waals surface area contributed by atoms with Crippen LogP contribution in [0, 0.1) is 0 Å². The van der Waals surface area contributed by atoms with Crippen LogP contribution in [0.2, 0.25) is 0 Å². The van der Waals surface area contributed by atoms with E-state index in [1.807, 2.05) is 0 Å². The fraction of sp³-hybridized carbons (Fsp3) is 0.500. The number of carboxylic acid groups (broad SMARTS) is 1. The summed E-state index contributed by atoms with van der Waals surface area (Å²) in [6, 6.07) is 5.29. The van der Waals surface area contributed by atoms with E-state index in [-0.39, 0.29) is 11.3 Å². The highest BCUT2D eigenvalue weighted by molar-refractivity contribution is 7.89. The molecule has 2 unspecified atom stereocenters. The number of carboxylic acids is 1. The topological polar surface area (TPSA) is 104 Å². The minimum Gasteiger partial charge on any atom is -0.481 e. The van der Waals surface area contributed by atoms with Gasteiger partial charge in [0.05, 0.1) is 17.4 Å². The van der Waals surface area contributed by atoms with E-state index in [9.17, 15) is 18.3 Å². The second-order valence-corrected chi connectivity index (χ2v) is 7.01. The van der Waals surface area contributed by atoms with E-state index in [1.54, 1.807) is 0 Å². The molecular formula is C14H19NO5S. The van der Waals surface area contributed by atoms with Gasteiger partial charge in [-0.25, -0.2) is 13.1 Å². The van der Waals surface area contributed by atoms with Gasteiger partial charge in [0.25, 0.3) is 0 Å². The molecule has 2 rings (SSSR count). The Labute approximate surface area is 123 Å². The van der Waals surface area contributed by atoms with Crippen LogP contribution >= 0.6 is 0 Å². The number of aliphatic carboxylic acids is 1. The summed E-state index contributed by atoms with van der Waals surface area (Å²) in [5.41, 5.74) is 0.541. The lowest BCUT2D eigenvalue weighted by Crippen LogP contribution is -2.44. The highest BCUT2D eigenvalue weighted by Crippen LogP contribution is 2.21. The Kier molecular flexibility index (Phi) is 4.97. The second kappa shape index (κ2) is 6.55. The van der Waals surface area contributed by atoms with Crippen LogP contribution in [-0.2, 0) is 21.2 Å². The Morgan fingerprint density at radius 3 is 2.38 bits per heavy atom. The van der Waals surface area contributed by atoms with Crippen molar-refractivity contribution in [3.63, 3.8) is 0 Å². The summed E-state index contributed by atoms with van der Waals surface area (Å²) in [6.45, 7) is 0. The predicted molar refractivity (Wildman–Crippen MR) is 76.4 cm³/mol. The Morgan fingerprint density at radius 1 is 1.19 bits per heavy atom. The first-order chi connectivity index (χ1) is 9.88. The summed E-state index contributed by atoms with van der Waals surface area (Å²) >= 11 is 0. The first kappa shape index (κ1) is 15.9. The first-order valence-corrected chi connectivity index (χ1v) is 8.38. The Balaban J connectivity index is 2.10. The third-order valence-electron chi connectivity index (χ3n) is 3.63. The Morgan fingerprint density at radius 2 is 1.81 bits per heavy atom. The molecule has 6 nitrogen and oxygen atoms in total. The number of aliphatic hydroxyl groups is 1. The van der Waals surface area contributed by atoms with E-state index in [4.69, 9.17) is 5.11 Å². The molecule has 1 aliphatic carbocycles. The standard InChI is InChI=1S/C14H19NO5S/c16-13-4-2-1-3-12(13)15-21(19,20)11-7-5-10(6-8-11)9-14(17)18/h5-8,12-13,15-16H,1-4,9H2,(H,17,18). The van der Waals surface area contributed by atoms with E-state index in [0.717, 1.165) is 12.8 Å². The number of rotatable bonds is 5. The van der Waals surface area contributed by atoms with Crippen molar-refractivity contribution >= 4 is 16.0 Å². The van der Waals surface area contributed by atoms with Crippen LogP contribution in [-0.4, -0.2) is 36.7 Å². The quantitative estimate of drug-likeness (QED) is 0.749. The van der Waals surface area contributed by atoms with Gasteiger partial charge in [-0.1, -0.05) is 25.0 Å². The van der Waals surface area contributed by atoms with Gasteiger partial charge in [0, 0.05) is 6.04 Å². The van der Waals surface area contributed by atoms with Crippen LogP contribution < -0.4 is 4.72 Å². The van der Waals surface area contributed by atoms with Crippen molar-refractivity contribution < 1.29 is 23.4 Å². The average molecular weight is 313 g/mol. The Hall–Kier alpha value is -1.44. The molecule has 1 saturated carbocycles. The molecular weight excluding hydrogens is 294 g/mol. The molecule has 0 heterocycles. The van der Waals surface area contributed by atoms with Crippen molar-refractivity contribution in [1.82, 2.24) is 4.72 Å². The van der Waals surface area contributed by atoms with Gasteiger partial charge in [-0.2, -0.15) is 0 Å². The normalized spacial score (nSPS) is 22.9. The number of sulfonamides is 1. The van der Waals surface area contributed by atoms with Gasteiger partial charge in [0.2, 0.25) is 10.0 Å². The number of carbonyl (C=O) groups is 1. The van der Waals surface area contributed by atoms with Gasteiger partial charge in [-0.15, -0.1) is 0 Å². The van der Waals surface area contributed by atoms with Crippen molar-refractivity contribution in [3.05, 3.63) is 29.8 Å². The smallest absolute Gasteiger partial charge is 0.307 e. The summed E-state index contributed by atoms with van der Waals surface area (Å²) in [5, 5.41) is 18.5. The molecule has 1 aromatic rings. The van der Waals surface area contributed by atoms with Gasteiger partial charge in [0.15, 0.2) is 0 Å². The molecule has 7 heteroatoms. The molecule has 0 saturated heterocycles. The summed E-state index contributed by atoms with van der Waals surface area (Å²) in [5.74, 6) is -0.964. The van der Waals surface area contributed by atoms with Gasteiger partial charge in [-0.3, -0.25) is 4.79 Å². The van der Waals surface area contributed by atoms with E-state index >= 15 is 0 Å². The average Bonchev–Trinajstić information content (AvgIpc) is 2.41. The molecule has 0 spiro atoms. The predicted octanol–water partition coefficient (Wildman–Crippen LogP) is 0.895. The van der Waals surface area contributed by atoms with E-state index in [0.29, 0.717) is 18.4 Å². The Bertz CT molecular complexity index is 596. The maximum atomic E-state index is 12.2. The molecule has 1 fully saturated rings. The molecule has 0 aliphatic heterocycles. The monoisotopic (exact) mass is 313 g/mol. The van der Waals surface area contributed by atoms with Crippen molar-refractivity contribution in [1.29, 1.82) is 0 Å². The second-order valence-electron chi connectivity index (χ2n) is 5.29.